The minimum Gasteiger partial charge on any atom is -0.314 e. The molecule has 20 heavy (non-hydrogen) atoms. The number of piperidine rings is 1. The van der Waals surface area contributed by atoms with Crippen LogP contribution in [0, 0.1) is 6.92 Å². The summed E-state index contributed by atoms with van der Waals surface area (Å²) in [6.45, 7) is 3.28. The van der Waals surface area contributed by atoms with Gasteiger partial charge in [-0.25, -0.2) is 13.1 Å². The van der Waals surface area contributed by atoms with Crippen LogP contribution in [-0.2, 0) is 16.6 Å². The standard InChI is InChI=1S/C14H23N3O2S/c1-12-5-8-15-10-13(12)11-17-20(18,19)9-6-14-4-2-3-7-16-14/h5,8,10,14,16-17H,2-4,6-7,9,11H2,1H3. The Kier molecular flexibility index (Phi) is 5.51. The number of nitrogens with one attached hydrogen (secondary N) is 2. The Morgan fingerprint density at radius 2 is 2.30 bits per heavy atom. The van der Waals surface area contributed by atoms with Gasteiger partial charge in [0.1, 0.15) is 0 Å². The topological polar surface area (TPSA) is 71.1 Å². The van der Waals surface area contributed by atoms with Crippen LogP contribution >= 0.6 is 0 Å². The van der Waals surface area contributed by atoms with Gasteiger partial charge in [0, 0.05) is 25.0 Å². The molecule has 1 aliphatic rings. The van der Waals surface area contributed by atoms with E-state index in [1.165, 1.54) is 12.8 Å². The molecule has 5 nitrogen and oxygen atoms in total. The fraction of sp³-hybridized carbons (Fsp3) is 0.643. The Hall–Kier alpha value is -0.980. The molecule has 1 unspecified atom stereocenters. The SMILES string of the molecule is Cc1ccncc1CNS(=O)(=O)CCC1CCCCN1. The molecule has 0 aromatic carbocycles. The zero-order valence-electron chi connectivity index (χ0n) is 11.9. The van der Waals surface area contributed by atoms with Crippen LogP contribution in [0.4, 0.5) is 0 Å². The van der Waals surface area contributed by atoms with Crippen LogP contribution in [0.1, 0.15) is 36.8 Å². The van der Waals surface area contributed by atoms with E-state index in [2.05, 4.69) is 15.0 Å². The first-order valence-electron chi connectivity index (χ1n) is 7.17. The second-order valence-electron chi connectivity index (χ2n) is 5.38. The van der Waals surface area contributed by atoms with Gasteiger partial charge >= 0.3 is 0 Å². The van der Waals surface area contributed by atoms with E-state index in [1.54, 1.807) is 12.4 Å². The molecular weight excluding hydrogens is 274 g/mol. The van der Waals surface area contributed by atoms with Crippen molar-refractivity contribution in [2.24, 2.45) is 0 Å². The smallest absolute Gasteiger partial charge is 0.211 e. The number of nitrogens with zero attached hydrogens (tertiary/aromatic N) is 1. The summed E-state index contributed by atoms with van der Waals surface area (Å²) in [7, 11) is -3.21. The van der Waals surface area contributed by atoms with E-state index < -0.39 is 10.0 Å². The Morgan fingerprint density at radius 1 is 1.45 bits per heavy atom. The van der Waals surface area contributed by atoms with E-state index in [-0.39, 0.29) is 5.75 Å². The van der Waals surface area contributed by atoms with Gasteiger partial charge in [-0.1, -0.05) is 6.42 Å². The molecule has 2 N–H and O–H groups in total. The number of aromatic nitrogens is 1. The number of sulfonamides is 1. The van der Waals surface area contributed by atoms with Crippen LogP contribution in [0.3, 0.4) is 0 Å². The molecule has 1 fully saturated rings. The van der Waals surface area contributed by atoms with Crippen LogP contribution in [0.25, 0.3) is 0 Å². The van der Waals surface area contributed by atoms with Crippen LogP contribution < -0.4 is 10.0 Å². The third-order valence-corrected chi connectivity index (χ3v) is 5.13. The molecule has 1 aromatic rings. The predicted octanol–water partition coefficient (Wildman–Crippen LogP) is 1.34. The van der Waals surface area contributed by atoms with Crippen LogP contribution in [0.15, 0.2) is 18.5 Å². The highest BCUT2D eigenvalue weighted by molar-refractivity contribution is 7.89. The van der Waals surface area contributed by atoms with Gasteiger partial charge in [-0.05, 0) is 49.9 Å². The highest BCUT2D eigenvalue weighted by Gasteiger charge is 2.17. The van der Waals surface area contributed by atoms with Crippen molar-refractivity contribution in [3.63, 3.8) is 0 Å². The normalized spacial score (nSPS) is 19.9. The van der Waals surface area contributed by atoms with E-state index in [0.717, 1.165) is 24.1 Å². The second kappa shape index (κ2) is 7.15. The summed E-state index contributed by atoms with van der Waals surface area (Å²) in [5.41, 5.74) is 1.98. The molecule has 1 aliphatic heterocycles. The van der Waals surface area contributed by atoms with Crippen molar-refractivity contribution in [3.05, 3.63) is 29.6 Å². The minimum absolute atomic E-state index is 0.185. The number of rotatable bonds is 6. The fourth-order valence-corrected chi connectivity index (χ4v) is 3.52. The van der Waals surface area contributed by atoms with E-state index >= 15 is 0 Å². The summed E-state index contributed by atoms with van der Waals surface area (Å²) in [5, 5.41) is 3.37. The zero-order chi connectivity index (χ0) is 14.4. The quantitative estimate of drug-likeness (QED) is 0.831. The third kappa shape index (κ3) is 4.85. The Bertz CT molecular complexity index is 525. The summed E-state index contributed by atoms with van der Waals surface area (Å²) in [6, 6.07) is 2.23. The first kappa shape index (κ1) is 15.4. The van der Waals surface area contributed by atoms with Crippen LogP contribution in [0.2, 0.25) is 0 Å². The molecule has 112 valence electrons. The average molecular weight is 297 g/mol. The van der Waals surface area contributed by atoms with E-state index in [9.17, 15) is 8.42 Å². The van der Waals surface area contributed by atoms with Gasteiger partial charge < -0.3 is 5.32 Å². The Morgan fingerprint density at radius 3 is 3.00 bits per heavy atom. The van der Waals surface area contributed by atoms with Crippen molar-refractivity contribution < 1.29 is 8.42 Å². The molecule has 0 radical (unpaired) electrons. The predicted molar refractivity (Wildman–Crippen MR) is 79.9 cm³/mol. The molecule has 1 aromatic heterocycles. The summed E-state index contributed by atoms with van der Waals surface area (Å²) in [4.78, 5) is 4.02. The molecule has 0 aliphatic carbocycles. The van der Waals surface area contributed by atoms with Crippen molar-refractivity contribution in [1.29, 1.82) is 0 Å². The lowest BCUT2D eigenvalue weighted by Crippen LogP contribution is -2.37. The van der Waals surface area contributed by atoms with Gasteiger partial charge in [0.05, 0.1) is 5.75 Å². The second-order valence-corrected chi connectivity index (χ2v) is 7.30. The molecular formula is C14H23N3O2S. The lowest BCUT2D eigenvalue weighted by Gasteiger charge is -2.23. The number of pyridine rings is 1. The van der Waals surface area contributed by atoms with Gasteiger partial charge in [0.15, 0.2) is 0 Å². The van der Waals surface area contributed by atoms with Crippen molar-refractivity contribution in [2.75, 3.05) is 12.3 Å². The third-order valence-electron chi connectivity index (χ3n) is 3.78. The van der Waals surface area contributed by atoms with E-state index in [0.29, 0.717) is 19.0 Å². The maximum absolute atomic E-state index is 12.0. The highest BCUT2D eigenvalue weighted by Crippen LogP contribution is 2.11. The van der Waals surface area contributed by atoms with Crippen molar-refractivity contribution in [3.8, 4) is 0 Å². The summed E-state index contributed by atoms with van der Waals surface area (Å²) < 4.78 is 26.7. The number of aryl methyl sites for hydroxylation is 1. The van der Waals surface area contributed by atoms with Gasteiger partial charge in [-0.15, -0.1) is 0 Å². The molecule has 0 saturated carbocycles. The summed E-state index contributed by atoms with van der Waals surface area (Å²) >= 11 is 0. The monoisotopic (exact) mass is 297 g/mol. The summed E-state index contributed by atoms with van der Waals surface area (Å²) in [5.74, 6) is 0.185. The molecule has 1 saturated heterocycles. The van der Waals surface area contributed by atoms with E-state index in [1.807, 2.05) is 13.0 Å². The van der Waals surface area contributed by atoms with Crippen LogP contribution in [0.5, 0.6) is 0 Å². The minimum atomic E-state index is -3.21. The number of hydrogen-bond acceptors (Lipinski definition) is 4. The molecule has 0 amide bonds. The highest BCUT2D eigenvalue weighted by atomic mass is 32.2. The van der Waals surface area contributed by atoms with Gasteiger partial charge in [0.25, 0.3) is 0 Å². The molecule has 6 heteroatoms. The lowest BCUT2D eigenvalue weighted by atomic mass is 10.0. The molecule has 0 spiro atoms. The Balaban J connectivity index is 1.80. The fourth-order valence-electron chi connectivity index (χ4n) is 2.41. The summed E-state index contributed by atoms with van der Waals surface area (Å²) in [6.07, 6.45) is 7.57. The maximum atomic E-state index is 12.0. The van der Waals surface area contributed by atoms with E-state index in [4.69, 9.17) is 0 Å². The van der Waals surface area contributed by atoms with Crippen LogP contribution in [-0.4, -0.2) is 31.7 Å². The largest absolute Gasteiger partial charge is 0.314 e. The molecule has 2 rings (SSSR count). The lowest BCUT2D eigenvalue weighted by molar-refractivity contribution is 0.392. The van der Waals surface area contributed by atoms with Gasteiger partial charge in [0.2, 0.25) is 10.0 Å². The van der Waals surface area contributed by atoms with Crippen molar-refractivity contribution in [1.82, 2.24) is 15.0 Å². The number of hydrogen-bond donors (Lipinski definition) is 2. The molecule has 1 atom stereocenters. The first-order valence-corrected chi connectivity index (χ1v) is 8.82. The maximum Gasteiger partial charge on any atom is 0.211 e. The van der Waals surface area contributed by atoms with Gasteiger partial charge in [-0.3, -0.25) is 4.98 Å². The molecule has 0 bridgehead atoms. The zero-order valence-corrected chi connectivity index (χ0v) is 12.7. The average Bonchev–Trinajstić information content (AvgIpc) is 2.46. The van der Waals surface area contributed by atoms with Crippen molar-refractivity contribution in [2.45, 2.75) is 45.2 Å². The molecule has 2 heterocycles. The Labute approximate surface area is 121 Å². The first-order chi connectivity index (χ1) is 9.57. The van der Waals surface area contributed by atoms with Crippen molar-refractivity contribution >= 4 is 10.0 Å². The van der Waals surface area contributed by atoms with Gasteiger partial charge in [-0.2, -0.15) is 0 Å².